The number of benzene rings is 2. The van der Waals surface area contributed by atoms with Gasteiger partial charge in [-0.25, -0.2) is 4.98 Å². The number of amides is 1. The number of rotatable bonds is 6. The number of anilines is 1. The maximum absolute atomic E-state index is 13.2. The highest BCUT2D eigenvalue weighted by atomic mass is 16.5. The van der Waals surface area contributed by atoms with Crippen LogP contribution in [0.25, 0.3) is 0 Å². The number of phenolic OH excluding ortho intramolecular Hbond substituents is 1. The third-order valence-electron chi connectivity index (χ3n) is 8.74. The molecule has 3 aromatic rings. The van der Waals surface area contributed by atoms with Gasteiger partial charge in [0.05, 0.1) is 12.7 Å². The number of carbonyl (C=O) groups excluding carboxylic acids is 1. The van der Waals surface area contributed by atoms with Crippen molar-refractivity contribution in [1.82, 2.24) is 4.98 Å². The Labute approximate surface area is 238 Å². The lowest BCUT2D eigenvalue weighted by molar-refractivity contribution is -0.120. The number of nitrogens with one attached hydrogen (secondary N) is 1. The smallest absolute Gasteiger partial charge is 0.227 e. The van der Waals surface area contributed by atoms with Crippen LogP contribution in [0.2, 0.25) is 0 Å². The summed E-state index contributed by atoms with van der Waals surface area (Å²) >= 11 is 0. The summed E-state index contributed by atoms with van der Waals surface area (Å²) in [6.07, 6.45) is 12.2. The van der Waals surface area contributed by atoms with Gasteiger partial charge in [-0.2, -0.15) is 0 Å². The summed E-state index contributed by atoms with van der Waals surface area (Å²) in [7, 11) is 1.72. The largest absolute Gasteiger partial charge is 0.507 e. The first-order chi connectivity index (χ1) is 19.5. The van der Waals surface area contributed by atoms with Crippen molar-refractivity contribution in [3.8, 4) is 23.3 Å². The molecule has 0 saturated heterocycles. The number of phenols is 1. The predicted molar refractivity (Wildman–Crippen MR) is 160 cm³/mol. The topological polar surface area (TPSA) is 71.5 Å². The summed E-state index contributed by atoms with van der Waals surface area (Å²) in [5, 5.41) is 14.2. The molecule has 0 radical (unpaired) electrons. The standard InChI is InChI=1S/C35H40N2O3/c1-24-22-28(15-20-34(24)40-2)26-13-11-25(12-14-26)23-31-30(17-16-29-10-6-7-21-36-29)33(38)19-18-32(31)37-35(39)27-8-4-3-5-9-27/h6-7,10,15,18-22,25-27,38H,3-5,8-9,11-14,23H2,1-2H3,(H,37,39). The first-order valence-electron chi connectivity index (χ1n) is 14.7. The van der Waals surface area contributed by atoms with Crippen LogP contribution in [0.5, 0.6) is 11.5 Å². The van der Waals surface area contributed by atoms with Crippen molar-refractivity contribution in [3.63, 3.8) is 0 Å². The lowest BCUT2D eigenvalue weighted by atomic mass is 9.76. The third-order valence-corrected chi connectivity index (χ3v) is 8.74. The molecule has 0 bridgehead atoms. The summed E-state index contributed by atoms with van der Waals surface area (Å²) < 4.78 is 5.45. The fraction of sp³-hybridized carbons (Fsp3) is 0.429. The predicted octanol–water partition coefficient (Wildman–Crippen LogP) is 7.54. The van der Waals surface area contributed by atoms with Gasteiger partial charge < -0.3 is 15.2 Å². The van der Waals surface area contributed by atoms with Crippen LogP contribution < -0.4 is 10.1 Å². The van der Waals surface area contributed by atoms with E-state index in [1.165, 1.54) is 17.5 Å². The summed E-state index contributed by atoms with van der Waals surface area (Å²) in [4.78, 5) is 17.6. The first-order valence-corrected chi connectivity index (χ1v) is 14.7. The van der Waals surface area contributed by atoms with Gasteiger partial charge in [0.2, 0.25) is 5.91 Å². The molecule has 1 aromatic heterocycles. The maximum Gasteiger partial charge on any atom is 0.227 e. The molecular formula is C35H40N2O3. The van der Waals surface area contributed by atoms with Crippen molar-refractivity contribution >= 4 is 11.6 Å². The molecule has 1 heterocycles. The van der Waals surface area contributed by atoms with Gasteiger partial charge in [-0.05, 0) is 117 Å². The molecule has 5 rings (SSSR count). The molecule has 2 aliphatic rings. The number of carbonyl (C=O) groups is 1. The lowest BCUT2D eigenvalue weighted by Crippen LogP contribution is -2.26. The summed E-state index contributed by atoms with van der Waals surface area (Å²) in [5.41, 5.74) is 5.54. The lowest BCUT2D eigenvalue weighted by Gasteiger charge is -2.30. The van der Waals surface area contributed by atoms with Crippen molar-refractivity contribution in [1.29, 1.82) is 0 Å². The molecule has 2 aliphatic carbocycles. The van der Waals surface area contributed by atoms with Gasteiger partial charge in [-0.1, -0.05) is 43.4 Å². The Balaban J connectivity index is 1.37. The van der Waals surface area contributed by atoms with E-state index in [1.807, 2.05) is 24.3 Å². The van der Waals surface area contributed by atoms with Crippen LogP contribution in [0.4, 0.5) is 5.69 Å². The van der Waals surface area contributed by atoms with Crippen molar-refractivity contribution in [2.24, 2.45) is 11.8 Å². The molecule has 2 aromatic carbocycles. The Hall–Kier alpha value is -3.78. The Morgan fingerprint density at radius 1 is 1.00 bits per heavy atom. The number of methoxy groups -OCH3 is 1. The Morgan fingerprint density at radius 2 is 1.80 bits per heavy atom. The molecule has 0 unspecified atom stereocenters. The van der Waals surface area contributed by atoms with E-state index in [2.05, 4.69) is 47.3 Å². The van der Waals surface area contributed by atoms with Crippen LogP contribution in [0.15, 0.2) is 54.7 Å². The molecule has 2 fully saturated rings. The number of ether oxygens (including phenoxy) is 1. The zero-order valence-corrected chi connectivity index (χ0v) is 23.7. The van der Waals surface area contributed by atoms with Gasteiger partial charge in [0.25, 0.3) is 0 Å². The molecule has 5 heteroatoms. The maximum atomic E-state index is 13.2. The quantitative estimate of drug-likeness (QED) is 0.252. The van der Waals surface area contributed by atoms with Gasteiger partial charge in [0.15, 0.2) is 0 Å². The second-order valence-corrected chi connectivity index (χ2v) is 11.4. The van der Waals surface area contributed by atoms with Crippen LogP contribution in [0.3, 0.4) is 0 Å². The van der Waals surface area contributed by atoms with Crippen molar-refractivity contribution in [2.75, 3.05) is 12.4 Å². The number of nitrogens with zero attached hydrogens (tertiary/aromatic N) is 1. The van der Waals surface area contributed by atoms with Gasteiger partial charge in [0.1, 0.15) is 17.2 Å². The average molecular weight is 537 g/mol. The zero-order chi connectivity index (χ0) is 27.9. The molecular weight excluding hydrogens is 496 g/mol. The molecule has 0 spiro atoms. The summed E-state index contributed by atoms with van der Waals surface area (Å²) in [5.74, 6) is 8.56. The van der Waals surface area contributed by atoms with Crippen molar-refractivity contribution < 1.29 is 14.6 Å². The molecule has 208 valence electrons. The minimum Gasteiger partial charge on any atom is -0.507 e. The zero-order valence-electron chi connectivity index (χ0n) is 23.7. The van der Waals surface area contributed by atoms with E-state index in [4.69, 9.17) is 4.74 Å². The number of pyridine rings is 1. The molecule has 5 nitrogen and oxygen atoms in total. The first kappa shape index (κ1) is 27.8. The van der Waals surface area contributed by atoms with Crippen LogP contribution in [0, 0.1) is 30.6 Å². The highest BCUT2D eigenvalue weighted by molar-refractivity contribution is 5.94. The van der Waals surface area contributed by atoms with E-state index in [1.54, 1.807) is 19.4 Å². The highest BCUT2D eigenvalue weighted by Crippen LogP contribution is 2.40. The van der Waals surface area contributed by atoms with Gasteiger partial charge in [-0.15, -0.1) is 0 Å². The molecule has 0 aliphatic heterocycles. The van der Waals surface area contributed by atoms with E-state index in [-0.39, 0.29) is 17.6 Å². The second-order valence-electron chi connectivity index (χ2n) is 11.4. The SMILES string of the molecule is COc1ccc(C2CCC(Cc3c(NC(=O)C4CCCCC4)ccc(O)c3C#Cc3ccccn3)CC2)cc1C. The fourth-order valence-corrected chi connectivity index (χ4v) is 6.41. The van der Waals surface area contributed by atoms with E-state index < -0.39 is 0 Å². The fourth-order valence-electron chi connectivity index (χ4n) is 6.41. The number of aromatic hydroxyl groups is 1. The number of aromatic nitrogens is 1. The van der Waals surface area contributed by atoms with Gasteiger partial charge in [-0.3, -0.25) is 4.79 Å². The van der Waals surface area contributed by atoms with E-state index in [0.717, 1.165) is 74.8 Å². The Kier molecular flexibility index (Phi) is 9.06. The van der Waals surface area contributed by atoms with Gasteiger partial charge in [0, 0.05) is 17.8 Å². The Morgan fingerprint density at radius 3 is 2.50 bits per heavy atom. The van der Waals surface area contributed by atoms with Crippen LogP contribution in [-0.2, 0) is 11.2 Å². The molecule has 40 heavy (non-hydrogen) atoms. The minimum absolute atomic E-state index is 0.0573. The van der Waals surface area contributed by atoms with Crippen LogP contribution in [-0.4, -0.2) is 23.1 Å². The minimum atomic E-state index is 0.0573. The molecule has 2 N–H and O–H groups in total. The second kappa shape index (κ2) is 13.0. The third kappa shape index (κ3) is 6.67. The number of hydrogen-bond donors (Lipinski definition) is 2. The summed E-state index contributed by atoms with van der Waals surface area (Å²) in [6, 6.07) is 15.7. The van der Waals surface area contributed by atoms with Crippen LogP contribution in [0.1, 0.15) is 91.7 Å². The number of hydrogen-bond acceptors (Lipinski definition) is 4. The van der Waals surface area contributed by atoms with Gasteiger partial charge >= 0.3 is 0 Å². The van der Waals surface area contributed by atoms with E-state index in [0.29, 0.717) is 23.1 Å². The molecule has 0 atom stereocenters. The van der Waals surface area contributed by atoms with Crippen molar-refractivity contribution in [2.45, 2.75) is 77.0 Å². The molecule has 2 saturated carbocycles. The monoisotopic (exact) mass is 536 g/mol. The highest BCUT2D eigenvalue weighted by Gasteiger charge is 2.27. The van der Waals surface area contributed by atoms with Crippen LogP contribution >= 0.6 is 0 Å². The van der Waals surface area contributed by atoms with Crippen molar-refractivity contribution in [3.05, 3.63) is 82.7 Å². The van der Waals surface area contributed by atoms with E-state index >= 15 is 0 Å². The number of aryl methyl sites for hydroxylation is 1. The normalized spacial score (nSPS) is 19.4. The average Bonchev–Trinajstić information content (AvgIpc) is 2.99. The Bertz CT molecular complexity index is 1370. The van der Waals surface area contributed by atoms with E-state index in [9.17, 15) is 9.90 Å². The summed E-state index contributed by atoms with van der Waals surface area (Å²) in [6.45, 7) is 2.10. The molecule has 1 amide bonds.